The summed E-state index contributed by atoms with van der Waals surface area (Å²) < 4.78 is 2.04. The Balaban J connectivity index is 1.36. The largest absolute Gasteiger partial charge is 0.306 e. The van der Waals surface area contributed by atoms with E-state index in [0.717, 1.165) is 24.3 Å². The number of aromatic nitrogens is 3. The van der Waals surface area contributed by atoms with Crippen LogP contribution in [0.4, 0.5) is 0 Å². The van der Waals surface area contributed by atoms with Crippen LogP contribution in [0.25, 0.3) is 11.3 Å². The van der Waals surface area contributed by atoms with Gasteiger partial charge in [-0.2, -0.15) is 5.10 Å². The van der Waals surface area contributed by atoms with E-state index in [2.05, 4.69) is 72.0 Å². The molecule has 4 nitrogen and oxygen atoms in total. The van der Waals surface area contributed by atoms with Crippen LogP contribution in [0.2, 0.25) is 0 Å². The van der Waals surface area contributed by atoms with E-state index in [1.807, 2.05) is 23.0 Å². The van der Waals surface area contributed by atoms with Gasteiger partial charge in [-0.25, -0.2) is 0 Å². The standard InChI is InChI=1S/C28H30N4/c1-21(24-14-13-23-10-5-6-11-25(23)16-24)30-18-27-20-32(19-22-8-3-2-4-9-22)31-28(27)26-12-7-15-29-17-26/h2-4,7-9,12-17,20-21,30H,5-6,10-11,18-19H2,1H3. The zero-order valence-corrected chi connectivity index (χ0v) is 18.7. The summed E-state index contributed by atoms with van der Waals surface area (Å²) >= 11 is 0. The first-order valence-electron chi connectivity index (χ1n) is 11.6. The monoisotopic (exact) mass is 422 g/mol. The molecule has 2 heterocycles. The highest BCUT2D eigenvalue weighted by Crippen LogP contribution is 2.26. The van der Waals surface area contributed by atoms with Gasteiger partial charge < -0.3 is 5.32 Å². The van der Waals surface area contributed by atoms with E-state index in [0.29, 0.717) is 0 Å². The number of hydrogen-bond acceptors (Lipinski definition) is 3. The molecule has 1 aliphatic rings. The number of nitrogens with zero attached hydrogens (tertiary/aromatic N) is 3. The number of hydrogen-bond donors (Lipinski definition) is 1. The molecule has 0 spiro atoms. The minimum atomic E-state index is 0.279. The maximum atomic E-state index is 4.92. The summed E-state index contributed by atoms with van der Waals surface area (Å²) in [4.78, 5) is 4.31. The Hall–Kier alpha value is -3.24. The van der Waals surface area contributed by atoms with Crippen LogP contribution in [-0.4, -0.2) is 14.8 Å². The van der Waals surface area contributed by atoms with Crippen molar-refractivity contribution < 1.29 is 0 Å². The van der Waals surface area contributed by atoms with E-state index in [4.69, 9.17) is 5.10 Å². The van der Waals surface area contributed by atoms with Gasteiger partial charge in [0, 0.05) is 42.3 Å². The maximum absolute atomic E-state index is 4.92. The van der Waals surface area contributed by atoms with E-state index in [-0.39, 0.29) is 6.04 Å². The molecule has 2 aromatic heterocycles. The average Bonchev–Trinajstić information content (AvgIpc) is 3.26. The molecule has 4 aromatic rings. The molecule has 162 valence electrons. The Bertz CT molecular complexity index is 1160. The molecular formula is C28H30N4. The molecule has 0 fully saturated rings. The van der Waals surface area contributed by atoms with Crippen molar-refractivity contribution in [3.8, 4) is 11.3 Å². The molecule has 1 unspecified atom stereocenters. The molecule has 0 amide bonds. The minimum absolute atomic E-state index is 0.279. The van der Waals surface area contributed by atoms with Crippen LogP contribution in [0.1, 0.15) is 53.6 Å². The fourth-order valence-corrected chi connectivity index (χ4v) is 4.59. The lowest BCUT2D eigenvalue weighted by Gasteiger charge is -2.20. The second-order valence-corrected chi connectivity index (χ2v) is 8.77. The Labute approximate surface area is 190 Å². The van der Waals surface area contributed by atoms with Crippen LogP contribution in [0.3, 0.4) is 0 Å². The Kier molecular flexibility index (Phi) is 6.13. The third kappa shape index (κ3) is 4.66. The predicted octanol–water partition coefficient (Wildman–Crippen LogP) is 5.72. The molecule has 0 saturated heterocycles. The van der Waals surface area contributed by atoms with Crippen LogP contribution < -0.4 is 5.32 Å². The van der Waals surface area contributed by atoms with E-state index in [1.165, 1.54) is 53.5 Å². The number of benzene rings is 2. The maximum Gasteiger partial charge on any atom is 0.0983 e. The molecule has 1 N–H and O–H groups in total. The van der Waals surface area contributed by atoms with E-state index < -0.39 is 0 Å². The van der Waals surface area contributed by atoms with Crippen molar-refractivity contribution in [1.82, 2.24) is 20.1 Å². The summed E-state index contributed by atoms with van der Waals surface area (Å²) in [5.74, 6) is 0. The van der Waals surface area contributed by atoms with Gasteiger partial charge in [0.25, 0.3) is 0 Å². The van der Waals surface area contributed by atoms with Crippen LogP contribution in [-0.2, 0) is 25.9 Å². The summed E-state index contributed by atoms with van der Waals surface area (Å²) in [6.07, 6.45) is 10.9. The molecule has 0 saturated carbocycles. The molecule has 1 atom stereocenters. The van der Waals surface area contributed by atoms with E-state index in [1.54, 1.807) is 6.20 Å². The molecular weight excluding hydrogens is 392 g/mol. The van der Waals surface area contributed by atoms with Crippen molar-refractivity contribution in [2.75, 3.05) is 0 Å². The summed E-state index contributed by atoms with van der Waals surface area (Å²) in [5, 5.41) is 8.66. The molecule has 5 rings (SSSR count). The van der Waals surface area contributed by atoms with Gasteiger partial charge >= 0.3 is 0 Å². The van der Waals surface area contributed by atoms with E-state index in [9.17, 15) is 0 Å². The first-order valence-corrected chi connectivity index (χ1v) is 11.6. The fraction of sp³-hybridized carbons (Fsp3) is 0.286. The van der Waals surface area contributed by atoms with Gasteiger partial charge in [0.05, 0.1) is 12.2 Å². The lowest BCUT2D eigenvalue weighted by atomic mass is 9.89. The molecule has 0 radical (unpaired) electrons. The van der Waals surface area contributed by atoms with Gasteiger partial charge in [0.15, 0.2) is 0 Å². The lowest BCUT2D eigenvalue weighted by Crippen LogP contribution is -2.19. The minimum Gasteiger partial charge on any atom is -0.306 e. The van der Waals surface area contributed by atoms with Crippen molar-refractivity contribution in [3.05, 3.63) is 107 Å². The van der Waals surface area contributed by atoms with Crippen molar-refractivity contribution >= 4 is 0 Å². The van der Waals surface area contributed by atoms with Crippen molar-refractivity contribution in [2.24, 2.45) is 0 Å². The number of rotatable bonds is 7. The number of nitrogens with one attached hydrogen (secondary N) is 1. The second kappa shape index (κ2) is 9.49. The topological polar surface area (TPSA) is 42.7 Å². The summed E-state index contributed by atoms with van der Waals surface area (Å²) in [6.45, 7) is 3.77. The van der Waals surface area contributed by atoms with Gasteiger partial charge in [0.1, 0.15) is 0 Å². The first-order chi connectivity index (χ1) is 15.8. The Morgan fingerprint density at radius 1 is 0.969 bits per heavy atom. The lowest BCUT2D eigenvalue weighted by molar-refractivity contribution is 0.572. The molecule has 2 aromatic carbocycles. The molecule has 32 heavy (non-hydrogen) atoms. The predicted molar refractivity (Wildman–Crippen MR) is 129 cm³/mol. The second-order valence-electron chi connectivity index (χ2n) is 8.77. The number of fused-ring (bicyclic) bond motifs is 1. The third-order valence-corrected chi connectivity index (χ3v) is 6.43. The smallest absolute Gasteiger partial charge is 0.0983 e. The Morgan fingerprint density at radius 2 is 1.81 bits per heavy atom. The van der Waals surface area contributed by atoms with Crippen LogP contribution in [0.15, 0.2) is 79.3 Å². The van der Waals surface area contributed by atoms with Crippen LogP contribution in [0, 0.1) is 0 Å². The molecule has 4 heteroatoms. The molecule has 1 aliphatic carbocycles. The molecule has 0 aliphatic heterocycles. The van der Waals surface area contributed by atoms with Gasteiger partial charge in [-0.15, -0.1) is 0 Å². The molecule has 0 bridgehead atoms. The zero-order valence-electron chi connectivity index (χ0n) is 18.7. The first kappa shape index (κ1) is 20.7. The summed E-state index contributed by atoms with van der Waals surface area (Å²) in [6, 6.07) is 21.8. The Morgan fingerprint density at radius 3 is 2.62 bits per heavy atom. The van der Waals surface area contributed by atoms with Gasteiger partial charge in [-0.05, 0) is 67.0 Å². The zero-order chi connectivity index (χ0) is 21.8. The number of pyridine rings is 1. The van der Waals surface area contributed by atoms with Gasteiger partial charge in [-0.3, -0.25) is 9.67 Å². The van der Waals surface area contributed by atoms with Crippen LogP contribution >= 0.6 is 0 Å². The van der Waals surface area contributed by atoms with Crippen molar-refractivity contribution in [3.63, 3.8) is 0 Å². The van der Waals surface area contributed by atoms with Crippen molar-refractivity contribution in [1.29, 1.82) is 0 Å². The van der Waals surface area contributed by atoms with Gasteiger partial charge in [0.2, 0.25) is 0 Å². The highest BCUT2D eigenvalue weighted by atomic mass is 15.3. The average molecular weight is 423 g/mol. The normalized spacial score (nSPS) is 14.2. The highest BCUT2D eigenvalue weighted by molar-refractivity contribution is 5.61. The quantitative estimate of drug-likeness (QED) is 0.414. The van der Waals surface area contributed by atoms with Crippen LogP contribution in [0.5, 0.6) is 0 Å². The SMILES string of the molecule is CC(NCc1cn(Cc2ccccc2)nc1-c1cccnc1)c1ccc2c(c1)CCCC2. The van der Waals surface area contributed by atoms with Crippen molar-refractivity contribution in [2.45, 2.75) is 51.7 Å². The van der Waals surface area contributed by atoms with E-state index >= 15 is 0 Å². The summed E-state index contributed by atoms with van der Waals surface area (Å²) in [7, 11) is 0. The fourth-order valence-electron chi connectivity index (χ4n) is 4.59. The van der Waals surface area contributed by atoms with Gasteiger partial charge in [-0.1, -0.05) is 48.5 Å². The highest BCUT2D eigenvalue weighted by Gasteiger charge is 2.15. The number of aryl methyl sites for hydroxylation is 2. The summed E-state index contributed by atoms with van der Waals surface area (Å²) in [5.41, 5.74) is 8.93. The third-order valence-electron chi connectivity index (χ3n) is 6.43.